The van der Waals surface area contributed by atoms with Crippen molar-refractivity contribution >= 4 is 31.9 Å². The first-order chi connectivity index (χ1) is 6.97. The third kappa shape index (κ3) is 3.01. The second-order valence-corrected chi connectivity index (χ2v) is 5.13. The van der Waals surface area contributed by atoms with Crippen molar-refractivity contribution in [3.05, 3.63) is 15.0 Å². The maximum Gasteiger partial charge on any atom is 0.139 e. The molecule has 3 nitrogen and oxygen atoms in total. The van der Waals surface area contributed by atoms with Crippen LogP contribution in [0.2, 0.25) is 0 Å². The fraction of sp³-hybridized carbons (Fsp3) is 0.667. The summed E-state index contributed by atoms with van der Waals surface area (Å²) in [6.07, 6.45) is -0.986. The maximum absolute atomic E-state index is 12.2. The van der Waals surface area contributed by atoms with Crippen molar-refractivity contribution in [2.45, 2.75) is 32.4 Å². The van der Waals surface area contributed by atoms with Gasteiger partial charge >= 0.3 is 0 Å². The Bertz CT molecular complexity index is 341. The van der Waals surface area contributed by atoms with Crippen LogP contribution in [0.25, 0.3) is 0 Å². The van der Waals surface area contributed by atoms with E-state index in [4.69, 9.17) is 0 Å². The van der Waals surface area contributed by atoms with Crippen molar-refractivity contribution in [1.29, 1.82) is 0 Å². The lowest BCUT2D eigenvalue weighted by Crippen LogP contribution is -2.20. The minimum absolute atomic E-state index is 0.212. The van der Waals surface area contributed by atoms with Crippen LogP contribution in [-0.2, 0) is 6.54 Å². The molecule has 1 N–H and O–H groups in total. The average Bonchev–Trinajstić information content (AvgIpc) is 2.46. The number of aliphatic hydroxyl groups is 1. The number of aliphatic hydroxyl groups excluding tert-OH is 1. The van der Waals surface area contributed by atoms with Gasteiger partial charge in [-0.05, 0) is 31.9 Å². The Kier molecular flexibility index (Phi) is 4.73. The monoisotopic (exact) mass is 342 g/mol. The third-order valence-electron chi connectivity index (χ3n) is 1.98. The number of alkyl halides is 1. The van der Waals surface area contributed by atoms with Crippen LogP contribution in [0.15, 0.2) is 9.21 Å². The molecule has 0 radical (unpaired) electrons. The molecule has 1 aromatic rings. The van der Waals surface area contributed by atoms with Gasteiger partial charge in [-0.15, -0.1) is 0 Å². The first kappa shape index (κ1) is 13.1. The molecule has 86 valence electrons. The predicted molar refractivity (Wildman–Crippen MR) is 63.7 cm³/mol. The zero-order chi connectivity index (χ0) is 11.6. The molecule has 1 aromatic heterocycles. The molecule has 0 spiro atoms. The highest BCUT2D eigenvalue weighted by Gasteiger charge is 2.18. The molecule has 0 aliphatic rings. The lowest BCUT2D eigenvalue weighted by Gasteiger charge is -2.13. The molecule has 1 unspecified atom stereocenters. The minimum atomic E-state index is -0.986. The molecule has 0 fully saturated rings. The lowest BCUT2D eigenvalue weighted by molar-refractivity contribution is 0.120. The summed E-state index contributed by atoms with van der Waals surface area (Å²) < 4.78 is 15.4. The summed E-state index contributed by atoms with van der Waals surface area (Å²) in [4.78, 5) is 4.30. The fourth-order valence-electron chi connectivity index (χ4n) is 1.29. The highest BCUT2D eigenvalue weighted by Crippen LogP contribution is 2.27. The van der Waals surface area contributed by atoms with Crippen LogP contribution in [-0.4, -0.2) is 27.4 Å². The van der Waals surface area contributed by atoms with Gasteiger partial charge in [-0.2, -0.15) is 0 Å². The molecule has 0 aliphatic carbocycles. The zero-order valence-corrected chi connectivity index (χ0v) is 11.7. The summed E-state index contributed by atoms with van der Waals surface area (Å²) in [6, 6.07) is 0. The maximum atomic E-state index is 12.2. The topological polar surface area (TPSA) is 38.0 Å². The Hall–Kier alpha value is 0.0600. The van der Waals surface area contributed by atoms with Gasteiger partial charge in [-0.3, -0.25) is 0 Å². The third-order valence-corrected chi connectivity index (χ3v) is 3.87. The molecule has 0 amide bonds. The average molecular weight is 344 g/mol. The second kappa shape index (κ2) is 5.41. The van der Waals surface area contributed by atoms with Gasteiger partial charge in [0.25, 0.3) is 0 Å². The number of rotatable bonds is 4. The standard InChI is InChI=1S/C9H13Br2FN2O/c1-5(2)9-13-7(10)8(11)14(9)4-6(15)3-12/h5-6,15H,3-4H2,1-2H3. The van der Waals surface area contributed by atoms with Crippen LogP contribution in [0, 0.1) is 0 Å². The van der Waals surface area contributed by atoms with E-state index in [1.54, 1.807) is 4.57 Å². The molecular weight excluding hydrogens is 331 g/mol. The van der Waals surface area contributed by atoms with E-state index in [2.05, 4.69) is 36.8 Å². The van der Waals surface area contributed by atoms with Crippen molar-refractivity contribution in [2.75, 3.05) is 6.67 Å². The fourth-order valence-corrected chi connectivity index (χ4v) is 2.10. The molecule has 0 saturated carbocycles. The largest absolute Gasteiger partial charge is 0.389 e. The Labute approximate surface area is 105 Å². The van der Waals surface area contributed by atoms with Crippen LogP contribution in [0.4, 0.5) is 4.39 Å². The van der Waals surface area contributed by atoms with Gasteiger partial charge in [0.05, 0.1) is 6.54 Å². The van der Waals surface area contributed by atoms with Crippen molar-refractivity contribution in [1.82, 2.24) is 9.55 Å². The molecule has 0 bridgehead atoms. The summed E-state index contributed by atoms with van der Waals surface area (Å²) in [5, 5.41) is 9.29. The number of hydrogen-bond acceptors (Lipinski definition) is 2. The molecule has 1 atom stereocenters. The summed E-state index contributed by atoms with van der Waals surface area (Å²) in [7, 11) is 0. The van der Waals surface area contributed by atoms with Gasteiger partial charge in [-0.1, -0.05) is 13.8 Å². The van der Waals surface area contributed by atoms with Gasteiger partial charge in [0.15, 0.2) is 0 Å². The van der Waals surface area contributed by atoms with Gasteiger partial charge in [0, 0.05) is 5.92 Å². The van der Waals surface area contributed by atoms with Gasteiger partial charge in [-0.25, -0.2) is 9.37 Å². The number of imidazole rings is 1. The Balaban J connectivity index is 3.02. The van der Waals surface area contributed by atoms with E-state index in [9.17, 15) is 9.50 Å². The number of halogens is 3. The smallest absolute Gasteiger partial charge is 0.139 e. The predicted octanol–water partition coefficient (Wildman–Crippen LogP) is 2.86. The van der Waals surface area contributed by atoms with E-state index >= 15 is 0 Å². The summed E-state index contributed by atoms with van der Waals surface area (Å²) in [5.41, 5.74) is 0. The van der Waals surface area contributed by atoms with Crippen molar-refractivity contribution in [2.24, 2.45) is 0 Å². The van der Waals surface area contributed by atoms with E-state index < -0.39 is 12.8 Å². The summed E-state index contributed by atoms with van der Waals surface area (Å²) >= 11 is 6.64. The summed E-state index contributed by atoms with van der Waals surface area (Å²) in [6.45, 7) is 3.46. The molecular formula is C9H13Br2FN2O. The highest BCUT2D eigenvalue weighted by molar-refractivity contribution is 9.13. The highest BCUT2D eigenvalue weighted by atomic mass is 79.9. The zero-order valence-electron chi connectivity index (χ0n) is 8.54. The molecule has 0 aromatic carbocycles. The molecule has 0 aliphatic heterocycles. The molecule has 15 heavy (non-hydrogen) atoms. The van der Waals surface area contributed by atoms with Crippen molar-refractivity contribution < 1.29 is 9.50 Å². The van der Waals surface area contributed by atoms with Crippen LogP contribution in [0.3, 0.4) is 0 Å². The van der Waals surface area contributed by atoms with Gasteiger partial charge in [0.2, 0.25) is 0 Å². The molecule has 6 heteroatoms. The molecule has 1 rings (SSSR count). The van der Waals surface area contributed by atoms with Crippen LogP contribution in [0.5, 0.6) is 0 Å². The van der Waals surface area contributed by atoms with Crippen molar-refractivity contribution in [3.8, 4) is 0 Å². The van der Waals surface area contributed by atoms with Crippen molar-refractivity contribution in [3.63, 3.8) is 0 Å². The Morgan fingerprint density at radius 2 is 2.07 bits per heavy atom. The Morgan fingerprint density at radius 3 is 2.53 bits per heavy atom. The number of hydrogen-bond donors (Lipinski definition) is 1. The van der Waals surface area contributed by atoms with Crippen LogP contribution >= 0.6 is 31.9 Å². The van der Waals surface area contributed by atoms with E-state index in [0.717, 1.165) is 10.4 Å². The minimum Gasteiger partial charge on any atom is -0.389 e. The lowest BCUT2D eigenvalue weighted by atomic mass is 10.2. The van der Waals surface area contributed by atoms with E-state index in [1.165, 1.54) is 0 Å². The van der Waals surface area contributed by atoms with Crippen LogP contribution < -0.4 is 0 Å². The van der Waals surface area contributed by atoms with E-state index in [1.807, 2.05) is 13.8 Å². The van der Waals surface area contributed by atoms with E-state index in [-0.39, 0.29) is 12.5 Å². The normalized spacial score (nSPS) is 13.5. The quantitative estimate of drug-likeness (QED) is 0.912. The van der Waals surface area contributed by atoms with Gasteiger partial charge < -0.3 is 9.67 Å². The molecule has 1 heterocycles. The first-order valence-corrected chi connectivity index (χ1v) is 6.21. The molecule has 0 saturated heterocycles. The van der Waals surface area contributed by atoms with E-state index in [0.29, 0.717) is 4.60 Å². The van der Waals surface area contributed by atoms with Gasteiger partial charge in [0.1, 0.15) is 27.8 Å². The van der Waals surface area contributed by atoms with Crippen LogP contribution in [0.1, 0.15) is 25.6 Å². The summed E-state index contributed by atoms with van der Waals surface area (Å²) in [5.74, 6) is 1.04. The SMILES string of the molecule is CC(C)c1nc(Br)c(Br)n1CC(O)CF. The second-order valence-electron chi connectivity index (χ2n) is 3.63. The number of nitrogens with zero attached hydrogens (tertiary/aromatic N) is 2. The first-order valence-electron chi connectivity index (χ1n) is 4.62. The Morgan fingerprint density at radius 1 is 1.47 bits per heavy atom. The number of aromatic nitrogens is 2.